The molecular formula is C17H20O2. The van der Waals surface area contributed by atoms with Crippen LogP contribution in [-0.4, -0.2) is 12.4 Å². The second-order valence-corrected chi connectivity index (χ2v) is 4.78. The molecule has 0 amide bonds. The van der Waals surface area contributed by atoms with Crippen LogP contribution in [0.25, 0.3) is 10.8 Å². The summed E-state index contributed by atoms with van der Waals surface area (Å²) in [5.74, 6) is 0.790. The number of carbonyl (C=O) groups is 1. The van der Waals surface area contributed by atoms with E-state index in [1.807, 2.05) is 36.4 Å². The Bertz CT molecular complexity index is 572. The van der Waals surface area contributed by atoms with Gasteiger partial charge in [-0.3, -0.25) is 4.79 Å². The van der Waals surface area contributed by atoms with Crippen molar-refractivity contribution in [3.63, 3.8) is 0 Å². The van der Waals surface area contributed by atoms with E-state index in [0.717, 1.165) is 29.4 Å². The number of hydrogen-bond acceptors (Lipinski definition) is 2. The molecule has 19 heavy (non-hydrogen) atoms. The lowest BCUT2D eigenvalue weighted by Gasteiger charge is -2.13. The average Bonchev–Trinajstić information content (AvgIpc) is 2.43. The summed E-state index contributed by atoms with van der Waals surface area (Å²) in [6.45, 7) is 4.42. The Balaban J connectivity index is 2.35. The first-order valence-corrected chi connectivity index (χ1v) is 6.89. The van der Waals surface area contributed by atoms with Crippen LogP contribution in [0, 0.1) is 0 Å². The Morgan fingerprint density at radius 3 is 2.63 bits per heavy atom. The molecule has 0 fully saturated rings. The van der Waals surface area contributed by atoms with Crippen LogP contribution in [0.5, 0.6) is 5.75 Å². The molecule has 0 aliphatic heterocycles. The highest BCUT2D eigenvalue weighted by Crippen LogP contribution is 2.30. The molecule has 0 bridgehead atoms. The zero-order chi connectivity index (χ0) is 13.7. The zero-order valence-corrected chi connectivity index (χ0v) is 11.6. The van der Waals surface area contributed by atoms with Gasteiger partial charge >= 0.3 is 0 Å². The van der Waals surface area contributed by atoms with E-state index < -0.39 is 0 Å². The van der Waals surface area contributed by atoms with Gasteiger partial charge in [0.1, 0.15) is 5.75 Å². The first kappa shape index (κ1) is 13.6. The molecule has 0 spiro atoms. The maximum absolute atomic E-state index is 11.7. The van der Waals surface area contributed by atoms with Gasteiger partial charge in [0.15, 0.2) is 5.78 Å². The standard InChI is InChI=1S/C17H20O2/c1-3-4-7-12-19-17-15(13(2)18)11-10-14-8-5-6-9-16(14)17/h5-6,8-11H,3-4,7,12H2,1-2H3. The van der Waals surface area contributed by atoms with Crippen molar-refractivity contribution in [3.8, 4) is 5.75 Å². The first-order chi connectivity index (χ1) is 9.24. The maximum atomic E-state index is 11.7. The van der Waals surface area contributed by atoms with Gasteiger partial charge in [0.25, 0.3) is 0 Å². The number of ether oxygens (including phenoxy) is 1. The third kappa shape index (κ3) is 3.14. The predicted octanol–water partition coefficient (Wildman–Crippen LogP) is 4.61. The third-order valence-electron chi connectivity index (χ3n) is 3.25. The summed E-state index contributed by atoms with van der Waals surface area (Å²) in [5, 5.41) is 2.13. The quantitative estimate of drug-likeness (QED) is 0.557. The van der Waals surface area contributed by atoms with Crippen molar-refractivity contribution in [2.24, 2.45) is 0 Å². The highest BCUT2D eigenvalue weighted by atomic mass is 16.5. The topological polar surface area (TPSA) is 26.3 Å². The number of Topliss-reactive ketones (excluding diaryl/α,β-unsaturated/α-hetero) is 1. The van der Waals surface area contributed by atoms with Gasteiger partial charge in [-0.2, -0.15) is 0 Å². The van der Waals surface area contributed by atoms with E-state index in [0.29, 0.717) is 12.2 Å². The molecular weight excluding hydrogens is 236 g/mol. The van der Waals surface area contributed by atoms with E-state index in [1.54, 1.807) is 6.92 Å². The minimum Gasteiger partial charge on any atom is -0.492 e. The minimum absolute atomic E-state index is 0.0521. The fourth-order valence-corrected chi connectivity index (χ4v) is 2.20. The van der Waals surface area contributed by atoms with E-state index in [2.05, 4.69) is 6.92 Å². The second kappa shape index (κ2) is 6.37. The molecule has 100 valence electrons. The molecule has 2 aromatic rings. The molecule has 0 N–H and O–H groups in total. The highest BCUT2D eigenvalue weighted by molar-refractivity contribution is 6.03. The summed E-state index contributed by atoms with van der Waals surface area (Å²) in [4.78, 5) is 11.7. The van der Waals surface area contributed by atoms with Crippen LogP contribution < -0.4 is 4.74 Å². The van der Waals surface area contributed by atoms with E-state index in [9.17, 15) is 4.79 Å². The number of benzene rings is 2. The fourth-order valence-electron chi connectivity index (χ4n) is 2.20. The molecule has 0 heterocycles. The number of fused-ring (bicyclic) bond motifs is 1. The van der Waals surface area contributed by atoms with E-state index in [1.165, 1.54) is 6.42 Å². The molecule has 0 aromatic heterocycles. The SMILES string of the molecule is CCCCCOc1c(C(C)=O)ccc2ccccc12. The molecule has 0 saturated carbocycles. The molecule has 2 rings (SSSR count). The largest absolute Gasteiger partial charge is 0.492 e. The van der Waals surface area contributed by atoms with Crippen molar-refractivity contribution in [3.05, 3.63) is 42.0 Å². The zero-order valence-electron chi connectivity index (χ0n) is 11.6. The molecule has 0 saturated heterocycles. The monoisotopic (exact) mass is 256 g/mol. The van der Waals surface area contributed by atoms with Crippen molar-refractivity contribution >= 4 is 16.6 Å². The maximum Gasteiger partial charge on any atom is 0.163 e. The summed E-state index contributed by atoms with van der Waals surface area (Å²) in [7, 11) is 0. The van der Waals surface area contributed by atoms with Crippen molar-refractivity contribution in [1.82, 2.24) is 0 Å². The van der Waals surface area contributed by atoms with Crippen molar-refractivity contribution in [2.45, 2.75) is 33.1 Å². The smallest absolute Gasteiger partial charge is 0.163 e. The minimum atomic E-state index is 0.0521. The Kier molecular flexibility index (Phi) is 4.56. The van der Waals surface area contributed by atoms with Crippen molar-refractivity contribution < 1.29 is 9.53 Å². The lowest BCUT2D eigenvalue weighted by atomic mass is 10.0. The lowest BCUT2D eigenvalue weighted by molar-refractivity contribution is 0.101. The van der Waals surface area contributed by atoms with Gasteiger partial charge in [-0.15, -0.1) is 0 Å². The number of hydrogen-bond donors (Lipinski definition) is 0. The van der Waals surface area contributed by atoms with E-state index in [-0.39, 0.29) is 5.78 Å². The van der Waals surface area contributed by atoms with Crippen LogP contribution in [0.1, 0.15) is 43.5 Å². The van der Waals surface area contributed by atoms with Gasteiger partial charge in [-0.25, -0.2) is 0 Å². The van der Waals surface area contributed by atoms with Gasteiger partial charge in [0.2, 0.25) is 0 Å². The molecule has 2 heteroatoms. The molecule has 0 unspecified atom stereocenters. The van der Waals surface area contributed by atoms with Crippen LogP contribution in [0.15, 0.2) is 36.4 Å². The highest BCUT2D eigenvalue weighted by Gasteiger charge is 2.12. The van der Waals surface area contributed by atoms with Gasteiger partial charge in [-0.05, 0) is 24.8 Å². The lowest BCUT2D eigenvalue weighted by Crippen LogP contribution is -2.03. The van der Waals surface area contributed by atoms with Crippen LogP contribution in [0.4, 0.5) is 0 Å². The Morgan fingerprint density at radius 2 is 1.89 bits per heavy atom. The molecule has 2 nitrogen and oxygen atoms in total. The Morgan fingerprint density at radius 1 is 1.11 bits per heavy atom. The van der Waals surface area contributed by atoms with E-state index in [4.69, 9.17) is 4.74 Å². The Labute approximate surface area is 114 Å². The number of ketones is 1. The predicted molar refractivity (Wildman–Crippen MR) is 79.0 cm³/mol. The number of rotatable bonds is 6. The summed E-state index contributed by atoms with van der Waals surface area (Å²) < 4.78 is 5.89. The third-order valence-corrected chi connectivity index (χ3v) is 3.25. The summed E-state index contributed by atoms with van der Waals surface area (Å²) >= 11 is 0. The summed E-state index contributed by atoms with van der Waals surface area (Å²) in [6, 6.07) is 11.9. The van der Waals surface area contributed by atoms with Gasteiger partial charge < -0.3 is 4.74 Å². The first-order valence-electron chi connectivity index (χ1n) is 6.89. The van der Waals surface area contributed by atoms with Crippen molar-refractivity contribution in [1.29, 1.82) is 0 Å². The van der Waals surface area contributed by atoms with Crippen molar-refractivity contribution in [2.75, 3.05) is 6.61 Å². The Hall–Kier alpha value is -1.83. The molecule has 0 atom stereocenters. The molecule has 0 aliphatic rings. The van der Waals surface area contributed by atoms with Crippen LogP contribution in [-0.2, 0) is 0 Å². The number of carbonyl (C=O) groups excluding carboxylic acids is 1. The second-order valence-electron chi connectivity index (χ2n) is 4.78. The van der Waals surface area contributed by atoms with Gasteiger partial charge in [0.05, 0.1) is 12.2 Å². The van der Waals surface area contributed by atoms with Crippen LogP contribution in [0.3, 0.4) is 0 Å². The molecule has 2 aromatic carbocycles. The number of unbranched alkanes of at least 4 members (excludes halogenated alkanes) is 2. The molecule has 0 aliphatic carbocycles. The van der Waals surface area contributed by atoms with E-state index >= 15 is 0 Å². The fraction of sp³-hybridized carbons (Fsp3) is 0.353. The summed E-state index contributed by atoms with van der Waals surface area (Å²) in [6.07, 6.45) is 3.34. The van der Waals surface area contributed by atoms with Gasteiger partial charge in [-0.1, -0.05) is 50.1 Å². The van der Waals surface area contributed by atoms with Crippen LogP contribution >= 0.6 is 0 Å². The summed E-state index contributed by atoms with van der Waals surface area (Å²) in [5.41, 5.74) is 0.676. The normalized spacial score (nSPS) is 10.6. The van der Waals surface area contributed by atoms with Crippen LogP contribution in [0.2, 0.25) is 0 Å². The average molecular weight is 256 g/mol. The molecule has 0 radical (unpaired) electrons. The van der Waals surface area contributed by atoms with Gasteiger partial charge in [0, 0.05) is 5.39 Å².